The summed E-state index contributed by atoms with van der Waals surface area (Å²) in [7, 11) is 0. The van der Waals surface area contributed by atoms with Gasteiger partial charge in [-0.05, 0) is 18.9 Å². The molecule has 2 rings (SSSR count). The van der Waals surface area contributed by atoms with Gasteiger partial charge in [-0.1, -0.05) is 24.3 Å². The van der Waals surface area contributed by atoms with E-state index in [0.29, 0.717) is 0 Å². The van der Waals surface area contributed by atoms with Gasteiger partial charge in [0.1, 0.15) is 5.60 Å². The Morgan fingerprint density at radius 1 is 1.29 bits per heavy atom. The first kappa shape index (κ1) is 18.2. The van der Waals surface area contributed by atoms with Crippen LogP contribution in [0.2, 0.25) is 0 Å². The fourth-order valence-corrected chi connectivity index (χ4v) is 2.26. The second-order valence-corrected chi connectivity index (χ2v) is 4.95. The third-order valence-electron chi connectivity index (χ3n) is 3.87. The molecule has 1 saturated heterocycles. The molecule has 0 aromatic heterocycles. The van der Waals surface area contributed by atoms with Crippen LogP contribution < -0.4 is 5.11 Å². The van der Waals surface area contributed by atoms with Crippen LogP contribution in [0.3, 0.4) is 0 Å². The zero-order valence-corrected chi connectivity index (χ0v) is 12.0. The first-order chi connectivity index (χ1) is 9.09. The van der Waals surface area contributed by atoms with Gasteiger partial charge in [0.05, 0.1) is 0 Å². The van der Waals surface area contributed by atoms with Gasteiger partial charge in [-0.15, -0.1) is 5.92 Å². The van der Waals surface area contributed by atoms with Crippen LogP contribution in [0.25, 0.3) is 0 Å². The molecule has 1 fully saturated rings. The zero-order valence-electron chi connectivity index (χ0n) is 10.9. The molecule has 0 spiro atoms. The minimum atomic E-state index is -4.64. The molecule has 0 aliphatic carbocycles. The normalized spacial score (nSPS) is 29.3. The molecule has 0 N–H and O–H groups in total. The van der Waals surface area contributed by atoms with Crippen LogP contribution in [-0.4, -0.2) is 11.8 Å². The molecule has 21 heavy (non-hydrogen) atoms. The number of halogens is 5. The maximum absolute atomic E-state index is 13.2. The van der Waals surface area contributed by atoms with Crippen LogP contribution >= 0.6 is 0 Å². The van der Waals surface area contributed by atoms with E-state index in [1.165, 1.54) is 6.92 Å². The number of benzene rings is 1. The van der Waals surface area contributed by atoms with Crippen molar-refractivity contribution in [3.05, 3.63) is 35.9 Å². The maximum atomic E-state index is 13.2. The van der Waals surface area contributed by atoms with E-state index in [-0.39, 0.29) is 22.3 Å². The molecule has 1 aliphatic rings. The largest absolute Gasteiger partial charge is 0.870 e. The van der Waals surface area contributed by atoms with E-state index < -0.39 is 41.0 Å². The fourth-order valence-electron chi connectivity index (χ4n) is 2.26. The van der Waals surface area contributed by atoms with Gasteiger partial charge in [-0.3, -0.25) is 0 Å². The van der Waals surface area contributed by atoms with E-state index >= 15 is 0 Å². The summed E-state index contributed by atoms with van der Waals surface area (Å²) < 4.78 is 69.7. The topological polar surface area (TPSA) is 32.3 Å². The molecule has 1 aromatic rings. The molecule has 1 aliphatic heterocycles. The van der Waals surface area contributed by atoms with Crippen LogP contribution in [0.1, 0.15) is 25.3 Å². The Labute approximate surface area is 128 Å². The Morgan fingerprint density at radius 3 is 2.33 bits per heavy atom. The number of ether oxygens (including phenoxy) is 1. The van der Waals surface area contributed by atoms with Crippen LogP contribution in [0.15, 0.2) is 12.1 Å². The minimum absolute atomic E-state index is 0. The molecule has 0 bridgehead atoms. The number of rotatable bonds is 1. The van der Waals surface area contributed by atoms with Gasteiger partial charge < -0.3 is 9.84 Å². The van der Waals surface area contributed by atoms with E-state index in [4.69, 9.17) is 4.74 Å². The van der Waals surface area contributed by atoms with Gasteiger partial charge in [0.15, 0.2) is 11.6 Å². The Balaban J connectivity index is 0.00000220. The zero-order chi connectivity index (χ0) is 15.3. The summed E-state index contributed by atoms with van der Waals surface area (Å²) in [6.07, 6.45) is -4.64. The summed E-state index contributed by atoms with van der Waals surface area (Å²) >= 11 is 0. The first-order valence-electron chi connectivity index (χ1n) is 5.82. The van der Waals surface area contributed by atoms with Crippen molar-refractivity contribution in [3.63, 3.8) is 0 Å². The average molecular weight is 353 g/mol. The van der Waals surface area contributed by atoms with Crippen molar-refractivity contribution in [2.24, 2.45) is 5.92 Å². The van der Waals surface area contributed by atoms with E-state index in [0.717, 1.165) is 25.7 Å². The quantitative estimate of drug-likeness (QED) is 0.574. The summed E-state index contributed by atoms with van der Waals surface area (Å²) in [5.74, 6) is -6.36. The van der Waals surface area contributed by atoms with Crippen LogP contribution in [0.4, 0.5) is 22.0 Å². The summed E-state index contributed by atoms with van der Waals surface area (Å²) in [4.78, 5) is 0. The fraction of sp³-hybridized carbons (Fsp3) is 0.462. The van der Waals surface area contributed by atoms with Crippen LogP contribution in [0, 0.1) is 24.2 Å². The third kappa shape index (κ3) is 2.76. The van der Waals surface area contributed by atoms with E-state index in [2.05, 4.69) is 0 Å². The molecule has 0 unspecified atom stereocenters. The van der Waals surface area contributed by atoms with Crippen molar-refractivity contribution in [2.75, 3.05) is 0 Å². The molecule has 1 radical (unpaired) electrons. The molecule has 0 saturated carbocycles. The molecular formula is C13H11CoF5O2-2. The van der Waals surface area contributed by atoms with Crippen molar-refractivity contribution in [1.82, 2.24) is 0 Å². The monoisotopic (exact) mass is 353 g/mol. The van der Waals surface area contributed by atoms with Crippen LogP contribution in [-0.2, 0) is 21.5 Å². The van der Waals surface area contributed by atoms with Gasteiger partial charge in [0.2, 0.25) is 0 Å². The number of hydrogen-bond acceptors (Lipinski definition) is 2. The molecule has 8 heteroatoms. The second-order valence-electron chi connectivity index (χ2n) is 4.95. The van der Waals surface area contributed by atoms with Gasteiger partial charge in [-0.25, -0.2) is 15.4 Å². The van der Waals surface area contributed by atoms with Crippen molar-refractivity contribution < 1.29 is 48.6 Å². The molecule has 121 valence electrons. The standard InChI is InChI=1S/C13H12F5O2.Co/c1-6-8(5-20-12(6,2)13(16,17)18)7-3-4-9(14)10(15)11(7)19;/h3-6,8,19H,1-2H3;/q-1;/p-1/t6-,8-,12+;/m0./s1. The first-order valence-corrected chi connectivity index (χ1v) is 5.82. The Kier molecular flexibility index (Phi) is 4.96. The van der Waals surface area contributed by atoms with E-state index in [1.54, 1.807) is 0 Å². The van der Waals surface area contributed by atoms with Gasteiger partial charge in [0.25, 0.3) is 0 Å². The Bertz CT molecular complexity index is 534. The molecule has 2 nitrogen and oxygen atoms in total. The smallest absolute Gasteiger partial charge is 0.414 e. The van der Waals surface area contributed by atoms with Crippen molar-refractivity contribution >= 4 is 0 Å². The number of alkyl halides is 3. The van der Waals surface area contributed by atoms with Crippen molar-refractivity contribution in [3.8, 4) is 5.75 Å². The van der Waals surface area contributed by atoms with Crippen molar-refractivity contribution in [2.45, 2.75) is 31.5 Å². The predicted molar refractivity (Wildman–Crippen MR) is 57.6 cm³/mol. The Morgan fingerprint density at radius 2 is 1.86 bits per heavy atom. The SMILES string of the molecule is C[C@H]1[C@@H](c2ccc(F)c(F)c2[O-])[CH-]O[C@@]1(C)C(F)(F)F.[Co]. The molecular weight excluding hydrogens is 342 g/mol. The Hall–Kier alpha value is -0.864. The minimum Gasteiger partial charge on any atom is -0.870 e. The third-order valence-corrected chi connectivity index (χ3v) is 3.87. The van der Waals surface area contributed by atoms with E-state index in [9.17, 15) is 27.1 Å². The summed E-state index contributed by atoms with van der Waals surface area (Å²) in [5.41, 5.74) is -2.71. The molecule has 1 heterocycles. The molecule has 1 aromatic carbocycles. The summed E-state index contributed by atoms with van der Waals surface area (Å²) in [5, 5.41) is 11.6. The average Bonchev–Trinajstić information content (AvgIpc) is 2.65. The predicted octanol–water partition coefficient (Wildman–Crippen LogP) is 3.27. The van der Waals surface area contributed by atoms with Gasteiger partial charge in [0, 0.05) is 16.8 Å². The second kappa shape index (κ2) is 5.73. The van der Waals surface area contributed by atoms with Crippen molar-refractivity contribution in [1.29, 1.82) is 0 Å². The maximum Gasteiger partial charge on any atom is 0.414 e. The molecule has 0 amide bonds. The molecule has 3 atom stereocenters. The number of hydrogen-bond donors (Lipinski definition) is 0. The summed E-state index contributed by atoms with van der Waals surface area (Å²) in [6, 6.07) is 1.71. The van der Waals surface area contributed by atoms with Gasteiger partial charge in [-0.2, -0.15) is 13.2 Å². The summed E-state index contributed by atoms with van der Waals surface area (Å²) in [6.45, 7) is 2.98. The van der Waals surface area contributed by atoms with Crippen LogP contribution in [0.5, 0.6) is 5.75 Å². The van der Waals surface area contributed by atoms with E-state index in [1.807, 2.05) is 0 Å². The van der Waals surface area contributed by atoms with Gasteiger partial charge >= 0.3 is 6.18 Å².